The molecule has 4 heteroatoms. The van der Waals surface area contributed by atoms with Crippen LogP contribution in [0.1, 0.15) is 24.9 Å². The number of nitrogens with zero attached hydrogens (tertiary/aromatic N) is 2. The van der Waals surface area contributed by atoms with Gasteiger partial charge in [0.2, 0.25) is 0 Å². The van der Waals surface area contributed by atoms with Crippen molar-refractivity contribution in [2.24, 2.45) is 4.99 Å². The molecule has 1 rings (SSSR count). The first-order valence-electron chi connectivity index (χ1n) is 6.80. The number of rotatable bonds is 6. The van der Waals surface area contributed by atoms with Gasteiger partial charge in [-0.25, -0.2) is 0 Å². The molecule has 0 amide bonds. The Labute approximate surface area is 116 Å². The van der Waals surface area contributed by atoms with E-state index in [1.807, 2.05) is 6.07 Å². The Hall–Kier alpha value is -1.55. The maximum Gasteiger partial charge on any atom is 0.191 e. The molecule has 0 radical (unpaired) electrons. The van der Waals surface area contributed by atoms with Crippen molar-refractivity contribution in [3.8, 4) is 0 Å². The molecule has 2 N–H and O–H groups in total. The van der Waals surface area contributed by atoms with Crippen LogP contribution >= 0.6 is 0 Å². The molecule has 1 aromatic carbocycles. The van der Waals surface area contributed by atoms with Crippen molar-refractivity contribution in [3.05, 3.63) is 35.9 Å². The molecular formula is C15H26N4. The molecule has 0 aliphatic carbocycles. The average Bonchev–Trinajstić information content (AvgIpc) is 2.42. The second kappa shape index (κ2) is 8.53. The van der Waals surface area contributed by atoms with Gasteiger partial charge >= 0.3 is 0 Å². The van der Waals surface area contributed by atoms with Crippen LogP contribution in [0.5, 0.6) is 0 Å². The zero-order chi connectivity index (χ0) is 14.1. The summed E-state index contributed by atoms with van der Waals surface area (Å²) in [5, 5.41) is 6.73. The van der Waals surface area contributed by atoms with Crippen LogP contribution in [-0.4, -0.2) is 45.1 Å². The van der Waals surface area contributed by atoms with Gasteiger partial charge in [0, 0.05) is 13.6 Å². The first-order chi connectivity index (χ1) is 9.13. The molecular weight excluding hydrogens is 236 g/mol. The Morgan fingerprint density at radius 1 is 1.26 bits per heavy atom. The Kier molecular flexibility index (Phi) is 6.97. The molecule has 19 heavy (non-hydrogen) atoms. The summed E-state index contributed by atoms with van der Waals surface area (Å²) in [6.45, 7) is 4.15. The molecule has 0 heterocycles. The lowest BCUT2D eigenvalue weighted by molar-refractivity contribution is 0.399. The van der Waals surface area contributed by atoms with E-state index in [4.69, 9.17) is 0 Å². The molecule has 106 valence electrons. The maximum atomic E-state index is 4.25. The molecule has 0 spiro atoms. The van der Waals surface area contributed by atoms with E-state index in [9.17, 15) is 0 Å². The minimum atomic E-state index is 0.251. The highest BCUT2D eigenvalue weighted by Crippen LogP contribution is 2.10. The fraction of sp³-hybridized carbons (Fsp3) is 0.533. The SMILES string of the molecule is CN=C(NCCCN(C)C)NC(C)c1ccccc1. The molecule has 0 bridgehead atoms. The zero-order valence-electron chi connectivity index (χ0n) is 12.5. The number of benzene rings is 1. The summed E-state index contributed by atoms with van der Waals surface area (Å²) in [5.41, 5.74) is 1.26. The van der Waals surface area contributed by atoms with E-state index in [2.05, 4.69) is 65.8 Å². The van der Waals surface area contributed by atoms with Gasteiger partial charge < -0.3 is 15.5 Å². The van der Waals surface area contributed by atoms with Crippen LogP contribution in [0, 0.1) is 0 Å². The number of hydrogen-bond donors (Lipinski definition) is 2. The van der Waals surface area contributed by atoms with Crippen LogP contribution in [0.2, 0.25) is 0 Å². The van der Waals surface area contributed by atoms with Gasteiger partial charge in [0.25, 0.3) is 0 Å². The predicted molar refractivity (Wildman–Crippen MR) is 82.5 cm³/mol. The molecule has 1 atom stereocenters. The summed E-state index contributed by atoms with van der Waals surface area (Å²) in [6, 6.07) is 10.6. The zero-order valence-corrected chi connectivity index (χ0v) is 12.5. The lowest BCUT2D eigenvalue weighted by atomic mass is 10.1. The van der Waals surface area contributed by atoms with E-state index in [1.54, 1.807) is 7.05 Å². The fourth-order valence-electron chi connectivity index (χ4n) is 1.83. The topological polar surface area (TPSA) is 39.7 Å². The molecule has 0 aromatic heterocycles. The fourth-order valence-corrected chi connectivity index (χ4v) is 1.83. The molecule has 0 fully saturated rings. The standard InChI is InChI=1S/C15H26N4/c1-13(14-9-6-5-7-10-14)18-15(16-2)17-11-8-12-19(3)4/h5-7,9-10,13H,8,11-12H2,1-4H3,(H2,16,17,18). The summed E-state index contributed by atoms with van der Waals surface area (Å²) in [6.07, 6.45) is 1.10. The second-order valence-electron chi connectivity index (χ2n) is 4.93. The minimum Gasteiger partial charge on any atom is -0.356 e. The van der Waals surface area contributed by atoms with E-state index in [1.165, 1.54) is 5.56 Å². The van der Waals surface area contributed by atoms with Crippen LogP contribution in [0.4, 0.5) is 0 Å². The number of aliphatic imine (C=N–C) groups is 1. The van der Waals surface area contributed by atoms with E-state index in [0.717, 1.165) is 25.5 Å². The lowest BCUT2D eigenvalue weighted by Crippen LogP contribution is -2.39. The Morgan fingerprint density at radius 2 is 1.95 bits per heavy atom. The van der Waals surface area contributed by atoms with Gasteiger partial charge in [-0.2, -0.15) is 0 Å². The minimum absolute atomic E-state index is 0.251. The quantitative estimate of drug-likeness (QED) is 0.467. The van der Waals surface area contributed by atoms with Gasteiger partial charge in [0.1, 0.15) is 0 Å². The first kappa shape index (κ1) is 15.5. The third-order valence-electron chi connectivity index (χ3n) is 2.95. The van der Waals surface area contributed by atoms with Crippen LogP contribution < -0.4 is 10.6 Å². The highest BCUT2D eigenvalue weighted by atomic mass is 15.2. The Morgan fingerprint density at radius 3 is 2.53 bits per heavy atom. The van der Waals surface area contributed by atoms with Crippen molar-refractivity contribution in [3.63, 3.8) is 0 Å². The van der Waals surface area contributed by atoms with Crippen LogP contribution in [0.3, 0.4) is 0 Å². The number of hydrogen-bond acceptors (Lipinski definition) is 2. The van der Waals surface area contributed by atoms with Gasteiger partial charge in [-0.15, -0.1) is 0 Å². The summed E-state index contributed by atoms with van der Waals surface area (Å²) >= 11 is 0. The largest absolute Gasteiger partial charge is 0.356 e. The van der Waals surface area contributed by atoms with Gasteiger partial charge in [-0.05, 0) is 39.5 Å². The van der Waals surface area contributed by atoms with Crippen LogP contribution in [0.15, 0.2) is 35.3 Å². The van der Waals surface area contributed by atoms with E-state index < -0.39 is 0 Å². The normalized spacial score (nSPS) is 13.4. The number of guanidine groups is 1. The van der Waals surface area contributed by atoms with E-state index in [0.29, 0.717) is 0 Å². The van der Waals surface area contributed by atoms with Crippen molar-refractivity contribution in [1.82, 2.24) is 15.5 Å². The van der Waals surface area contributed by atoms with Gasteiger partial charge in [-0.1, -0.05) is 30.3 Å². The van der Waals surface area contributed by atoms with Crippen molar-refractivity contribution < 1.29 is 0 Å². The average molecular weight is 262 g/mol. The maximum absolute atomic E-state index is 4.25. The van der Waals surface area contributed by atoms with Crippen molar-refractivity contribution in [1.29, 1.82) is 0 Å². The number of nitrogens with one attached hydrogen (secondary N) is 2. The molecule has 0 aliphatic rings. The lowest BCUT2D eigenvalue weighted by Gasteiger charge is -2.18. The van der Waals surface area contributed by atoms with E-state index in [-0.39, 0.29) is 6.04 Å². The highest BCUT2D eigenvalue weighted by Gasteiger charge is 2.06. The van der Waals surface area contributed by atoms with Crippen molar-refractivity contribution in [2.75, 3.05) is 34.2 Å². The van der Waals surface area contributed by atoms with E-state index >= 15 is 0 Å². The molecule has 0 saturated carbocycles. The Balaban J connectivity index is 2.36. The van der Waals surface area contributed by atoms with Crippen LogP contribution in [-0.2, 0) is 0 Å². The monoisotopic (exact) mass is 262 g/mol. The molecule has 4 nitrogen and oxygen atoms in total. The third kappa shape index (κ3) is 6.25. The third-order valence-corrected chi connectivity index (χ3v) is 2.95. The highest BCUT2D eigenvalue weighted by molar-refractivity contribution is 5.80. The Bertz CT molecular complexity index is 373. The summed E-state index contributed by atoms with van der Waals surface area (Å²) in [7, 11) is 5.98. The summed E-state index contributed by atoms with van der Waals surface area (Å²) < 4.78 is 0. The van der Waals surface area contributed by atoms with Crippen molar-refractivity contribution in [2.45, 2.75) is 19.4 Å². The molecule has 1 aromatic rings. The van der Waals surface area contributed by atoms with Crippen molar-refractivity contribution >= 4 is 5.96 Å². The molecule has 0 saturated heterocycles. The second-order valence-corrected chi connectivity index (χ2v) is 4.93. The smallest absolute Gasteiger partial charge is 0.191 e. The first-order valence-corrected chi connectivity index (χ1v) is 6.80. The molecule has 0 aliphatic heterocycles. The summed E-state index contributed by atoms with van der Waals surface area (Å²) in [4.78, 5) is 6.44. The van der Waals surface area contributed by atoms with Gasteiger partial charge in [-0.3, -0.25) is 4.99 Å². The summed E-state index contributed by atoms with van der Waals surface area (Å²) in [5.74, 6) is 0.857. The van der Waals surface area contributed by atoms with Crippen LogP contribution in [0.25, 0.3) is 0 Å². The van der Waals surface area contributed by atoms with Gasteiger partial charge in [0.15, 0.2) is 5.96 Å². The van der Waals surface area contributed by atoms with Gasteiger partial charge in [0.05, 0.1) is 6.04 Å². The predicted octanol–water partition coefficient (Wildman–Crippen LogP) is 1.86. The molecule has 1 unspecified atom stereocenters.